The van der Waals surface area contributed by atoms with Gasteiger partial charge in [0.1, 0.15) is 28.7 Å². The zero-order valence-electron chi connectivity index (χ0n) is 20.0. The average Bonchev–Trinajstić information content (AvgIpc) is 3.34. The van der Waals surface area contributed by atoms with Crippen LogP contribution < -0.4 is 10.1 Å². The number of hydrogen-bond acceptors (Lipinski definition) is 10. The van der Waals surface area contributed by atoms with E-state index in [0.717, 1.165) is 48.5 Å². The highest BCUT2D eigenvalue weighted by atomic mass is 32.2. The fraction of sp³-hybridized carbons (Fsp3) is 0.348. The van der Waals surface area contributed by atoms with Gasteiger partial charge in [-0.1, -0.05) is 0 Å². The Morgan fingerprint density at radius 1 is 1.11 bits per heavy atom. The minimum atomic E-state index is -1.81. The maximum atomic E-state index is 11.1. The summed E-state index contributed by atoms with van der Waals surface area (Å²) in [6.07, 6.45) is 5.16. The average molecular weight is 510 g/mol. The van der Waals surface area contributed by atoms with Gasteiger partial charge in [-0.05, 0) is 24.6 Å². The second-order valence-corrected chi connectivity index (χ2v) is 9.42. The first kappa shape index (κ1) is 24.2. The number of imidazole rings is 1. The number of aromatic amines is 1. The molecule has 1 saturated heterocycles. The standard InChI is InChI=1S/C23H27N9O3S/c1-15-28-20(21-23(29-15)27-13-26-21)18-9-16(12-31-5-7-32(8-6-31)14-36(33)34)10-25-22(18)30-17-3-4-19(35-2)24-11-17/h3-4,9-11,13H,5-8,12,14H2,1-2H3,(H,25,30)(H,33,34)(H,26,27,28,29). The van der Waals surface area contributed by atoms with Gasteiger partial charge in [-0.25, -0.2) is 29.1 Å². The number of piperazine rings is 1. The summed E-state index contributed by atoms with van der Waals surface area (Å²) >= 11 is -1.81. The van der Waals surface area contributed by atoms with E-state index in [1.54, 1.807) is 25.7 Å². The van der Waals surface area contributed by atoms with Gasteiger partial charge in [0.05, 0.1) is 25.3 Å². The molecule has 0 bridgehead atoms. The Balaban J connectivity index is 1.45. The predicted octanol–water partition coefficient (Wildman–Crippen LogP) is 2.17. The molecule has 5 heterocycles. The maximum Gasteiger partial charge on any atom is 0.213 e. The number of nitrogens with one attached hydrogen (secondary N) is 2. The Hall–Kier alpha value is -3.52. The summed E-state index contributed by atoms with van der Waals surface area (Å²) in [6.45, 7) is 5.65. The fourth-order valence-electron chi connectivity index (χ4n) is 4.21. The van der Waals surface area contributed by atoms with E-state index in [9.17, 15) is 4.21 Å². The highest BCUT2D eigenvalue weighted by molar-refractivity contribution is 7.79. The third-order valence-electron chi connectivity index (χ3n) is 5.97. The van der Waals surface area contributed by atoms with Crippen molar-refractivity contribution < 1.29 is 13.5 Å². The first-order valence-corrected chi connectivity index (χ1v) is 12.7. The molecule has 4 aromatic heterocycles. The molecule has 0 spiro atoms. The molecule has 13 heteroatoms. The molecule has 0 aromatic carbocycles. The van der Waals surface area contributed by atoms with Crippen molar-refractivity contribution in [2.75, 3.05) is 44.5 Å². The molecular formula is C23H27N9O3S. The van der Waals surface area contributed by atoms with Crippen LogP contribution in [0.3, 0.4) is 0 Å². The largest absolute Gasteiger partial charge is 0.481 e. The first-order chi connectivity index (χ1) is 17.5. The highest BCUT2D eigenvalue weighted by Crippen LogP contribution is 2.32. The fourth-order valence-corrected chi connectivity index (χ4v) is 4.78. The van der Waals surface area contributed by atoms with Gasteiger partial charge in [0, 0.05) is 50.6 Å². The van der Waals surface area contributed by atoms with E-state index in [1.807, 2.05) is 24.1 Å². The monoisotopic (exact) mass is 509 g/mol. The quantitative estimate of drug-likeness (QED) is 0.300. The summed E-state index contributed by atoms with van der Waals surface area (Å²) in [5.41, 5.74) is 4.66. The van der Waals surface area contributed by atoms with Gasteiger partial charge in [-0.2, -0.15) is 0 Å². The Kier molecular flexibility index (Phi) is 7.13. The van der Waals surface area contributed by atoms with Crippen LogP contribution in [-0.4, -0.2) is 87.6 Å². The number of ether oxygens (including phenoxy) is 1. The number of aryl methyl sites for hydroxylation is 1. The van der Waals surface area contributed by atoms with Gasteiger partial charge >= 0.3 is 0 Å². The lowest BCUT2D eigenvalue weighted by atomic mass is 10.1. The van der Waals surface area contributed by atoms with Crippen LogP contribution in [0.1, 0.15) is 11.4 Å². The van der Waals surface area contributed by atoms with Crippen molar-refractivity contribution in [3.8, 4) is 17.1 Å². The van der Waals surface area contributed by atoms with Crippen LogP contribution in [0.4, 0.5) is 11.5 Å². The molecule has 1 aliphatic heterocycles. The van der Waals surface area contributed by atoms with Crippen LogP contribution in [0.15, 0.2) is 36.9 Å². The zero-order valence-corrected chi connectivity index (χ0v) is 20.8. The van der Waals surface area contributed by atoms with Gasteiger partial charge in [0.25, 0.3) is 0 Å². The van der Waals surface area contributed by atoms with E-state index < -0.39 is 11.1 Å². The van der Waals surface area contributed by atoms with Crippen LogP contribution in [0, 0.1) is 6.92 Å². The molecule has 5 rings (SSSR count). The Morgan fingerprint density at radius 2 is 1.92 bits per heavy atom. The lowest BCUT2D eigenvalue weighted by Crippen LogP contribution is -2.46. The smallest absolute Gasteiger partial charge is 0.213 e. The summed E-state index contributed by atoms with van der Waals surface area (Å²) in [5, 5.41) is 3.36. The number of rotatable bonds is 8. The minimum Gasteiger partial charge on any atom is -0.481 e. The van der Waals surface area contributed by atoms with Crippen LogP contribution >= 0.6 is 0 Å². The van der Waals surface area contributed by atoms with Crippen molar-refractivity contribution in [2.24, 2.45) is 0 Å². The number of hydrogen-bond donors (Lipinski definition) is 3. The second kappa shape index (κ2) is 10.6. The number of aromatic nitrogens is 6. The molecule has 4 aromatic rings. The van der Waals surface area contributed by atoms with Gasteiger partial charge < -0.3 is 19.6 Å². The zero-order chi connectivity index (χ0) is 25.1. The molecule has 0 aliphatic carbocycles. The van der Waals surface area contributed by atoms with E-state index in [0.29, 0.717) is 35.4 Å². The van der Waals surface area contributed by atoms with Crippen LogP contribution in [0.5, 0.6) is 5.88 Å². The van der Waals surface area contributed by atoms with E-state index in [4.69, 9.17) is 19.3 Å². The van der Waals surface area contributed by atoms with Crippen molar-refractivity contribution in [3.05, 3.63) is 48.3 Å². The van der Waals surface area contributed by atoms with Gasteiger partial charge in [0.2, 0.25) is 5.88 Å². The highest BCUT2D eigenvalue weighted by Gasteiger charge is 2.20. The second-order valence-electron chi connectivity index (χ2n) is 8.52. The molecule has 3 N–H and O–H groups in total. The van der Waals surface area contributed by atoms with Crippen molar-refractivity contribution >= 4 is 33.7 Å². The van der Waals surface area contributed by atoms with Gasteiger partial charge in [-0.15, -0.1) is 0 Å². The third-order valence-corrected chi connectivity index (χ3v) is 6.56. The number of pyridine rings is 2. The third kappa shape index (κ3) is 5.49. The molecule has 0 radical (unpaired) electrons. The van der Waals surface area contributed by atoms with Gasteiger partial charge in [-0.3, -0.25) is 9.80 Å². The van der Waals surface area contributed by atoms with Crippen molar-refractivity contribution in [1.29, 1.82) is 0 Å². The van der Waals surface area contributed by atoms with Crippen molar-refractivity contribution in [2.45, 2.75) is 13.5 Å². The molecule has 0 saturated carbocycles. The Morgan fingerprint density at radius 3 is 2.64 bits per heavy atom. The van der Waals surface area contributed by atoms with Crippen molar-refractivity contribution in [3.63, 3.8) is 0 Å². The number of fused-ring (bicyclic) bond motifs is 1. The summed E-state index contributed by atoms with van der Waals surface area (Å²) in [6, 6.07) is 5.74. The molecule has 188 valence electrons. The van der Waals surface area contributed by atoms with E-state index in [2.05, 4.69) is 36.2 Å². The topological polar surface area (TPSA) is 145 Å². The number of H-pyrrole nitrogens is 1. The van der Waals surface area contributed by atoms with Crippen LogP contribution in [0.25, 0.3) is 22.4 Å². The number of anilines is 2. The van der Waals surface area contributed by atoms with Crippen LogP contribution in [-0.2, 0) is 17.6 Å². The van der Waals surface area contributed by atoms with Gasteiger partial charge in [0.15, 0.2) is 16.7 Å². The molecule has 36 heavy (non-hydrogen) atoms. The molecule has 1 fully saturated rings. The SMILES string of the molecule is COc1ccc(Nc2ncc(CN3CCN(CS(=O)O)CC3)cc2-c2nc(C)nc3nc[nH]c23)cn1. The minimum absolute atomic E-state index is 0.188. The molecule has 12 nitrogen and oxygen atoms in total. The number of nitrogens with zero attached hydrogens (tertiary/aromatic N) is 7. The molecule has 1 unspecified atom stereocenters. The normalized spacial score (nSPS) is 15.8. The molecule has 1 atom stereocenters. The van der Waals surface area contributed by atoms with Crippen molar-refractivity contribution in [1.82, 2.24) is 39.7 Å². The summed E-state index contributed by atoms with van der Waals surface area (Å²) in [4.78, 5) is 30.0. The lowest BCUT2D eigenvalue weighted by molar-refractivity contribution is 0.141. The van der Waals surface area contributed by atoms with E-state index in [1.165, 1.54) is 0 Å². The van der Waals surface area contributed by atoms with E-state index in [-0.39, 0.29) is 5.88 Å². The first-order valence-electron chi connectivity index (χ1n) is 11.4. The number of methoxy groups -OCH3 is 1. The summed E-state index contributed by atoms with van der Waals surface area (Å²) in [7, 11) is 1.58. The lowest BCUT2D eigenvalue weighted by Gasteiger charge is -2.33. The van der Waals surface area contributed by atoms with Crippen LogP contribution in [0.2, 0.25) is 0 Å². The molecule has 0 amide bonds. The van der Waals surface area contributed by atoms with E-state index >= 15 is 0 Å². The Bertz CT molecular complexity index is 1370. The predicted molar refractivity (Wildman–Crippen MR) is 136 cm³/mol. The summed E-state index contributed by atoms with van der Waals surface area (Å²) in [5.74, 6) is 1.97. The maximum absolute atomic E-state index is 11.1. The molecule has 1 aliphatic rings. The summed E-state index contributed by atoms with van der Waals surface area (Å²) < 4.78 is 25.4. The molecular weight excluding hydrogens is 482 g/mol. The Labute approximate surface area is 210 Å².